The molecule has 0 radical (unpaired) electrons. The second kappa shape index (κ2) is 9.19. The number of piperidine rings is 1. The van der Waals surface area contributed by atoms with Crippen LogP contribution in [-0.2, 0) is 21.0 Å². The van der Waals surface area contributed by atoms with Crippen molar-refractivity contribution in [3.63, 3.8) is 0 Å². The molecule has 7 nitrogen and oxygen atoms in total. The molecule has 0 spiro atoms. The van der Waals surface area contributed by atoms with E-state index >= 15 is 0 Å². The van der Waals surface area contributed by atoms with E-state index in [0.717, 1.165) is 12.1 Å². The van der Waals surface area contributed by atoms with Crippen LogP contribution in [0.4, 0.5) is 18.9 Å². The normalized spacial score (nSPS) is 15.3. The van der Waals surface area contributed by atoms with Gasteiger partial charge in [0.25, 0.3) is 15.9 Å². The van der Waals surface area contributed by atoms with Crippen LogP contribution in [-0.4, -0.2) is 44.3 Å². The Bertz CT molecular complexity index is 1090. The number of halogens is 3. The number of hydrogen-bond donors (Lipinski definition) is 2. The molecule has 1 aliphatic heterocycles. The Balaban J connectivity index is 1.67. The lowest BCUT2D eigenvalue weighted by Crippen LogP contribution is -2.46. The van der Waals surface area contributed by atoms with E-state index in [9.17, 15) is 31.2 Å². The van der Waals surface area contributed by atoms with Gasteiger partial charge in [0, 0.05) is 37.3 Å². The Hall–Kier alpha value is -3.08. The first-order chi connectivity index (χ1) is 15.0. The summed E-state index contributed by atoms with van der Waals surface area (Å²) < 4.78 is 65.7. The first kappa shape index (κ1) is 23.6. The molecule has 2 N–H and O–H groups in total. The summed E-state index contributed by atoms with van der Waals surface area (Å²) in [5.74, 6) is -0.383. The monoisotopic (exact) mass is 469 g/mol. The second-order valence-electron chi connectivity index (χ2n) is 7.48. The average Bonchev–Trinajstić information content (AvgIpc) is 2.73. The van der Waals surface area contributed by atoms with E-state index < -0.39 is 21.8 Å². The lowest BCUT2D eigenvalue weighted by molar-refractivity contribution is -0.137. The van der Waals surface area contributed by atoms with Gasteiger partial charge in [-0.25, -0.2) is 8.42 Å². The molecule has 32 heavy (non-hydrogen) atoms. The average molecular weight is 469 g/mol. The summed E-state index contributed by atoms with van der Waals surface area (Å²) in [6, 6.07) is 9.09. The van der Waals surface area contributed by atoms with E-state index in [4.69, 9.17) is 0 Å². The van der Waals surface area contributed by atoms with Gasteiger partial charge < -0.3 is 10.2 Å². The molecule has 1 aliphatic rings. The van der Waals surface area contributed by atoms with Crippen molar-refractivity contribution in [2.24, 2.45) is 0 Å². The summed E-state index contributed by atoms with van der Waals surface area (Å²) in [5, 5.41) is 2.82. The number of carbonyl (C=O) groups excluding carboxylic acids is 2. The van der Waals surface area contributed by atoms with E-state index in [1.165, 1.54) is 37.3 Å². The van der Waals surface area contributed by atoms with Gasteiger partial charge in [0.1, 0.15) is 0 Å². The van der Waals surface area contributed by atoms with Gasteiger partial charge >= 0.3 is 6.18 Å². The number of amides is 2. The lowest BCUT2D eigenvalue weighted by Gasteiger charge is -2.32. The lowest BCUT2D eigenvalue weighted by atomic mass is 10.0. The molecule has 2 aromatic carbocycles. The zero-order chi connectivity index (χ0) is 23.5. The summed E-state index contributed by atoms with van der Waals surface area (Å²) in [4.78, 5) is 25.3. The summed E-state index contributed by atoms with van der Waals surface area (Å²) >= 11 is 0. The van der Waals surface area contributed by atoms with Gasteiger partial charge in [-0.2, -0.15) is 13.2 Å². The molecular formula is C21H22F3N3O4S. The topological polar surface area (TPSA) is 95.6 Å². The van der Waals surface area contributed by atoms with Crippen LogP contribution in [0.5, 0.6) is 0 Å². The van der Waals surface area contributed by atoms with Crippen molar-refractivity contribution in [3.05, 3.63) is 59.7 Å². The van der Waals surface area contributed by atoms with Crippen LogP contribution in [0, 0.1) is 0 Å². The molecule has 1 fully saturated rings. The molecule has 0 atom stereocenters. The van der Waals surface area contributed by atoms with Gasteiger partial charge in [0.2, 0.25) is 5.91 Å². The number of benzene rings is 2. The van der Waals surface area contributed by atoms with Crippen molar-refractivity contribution >= 4 is 27.5 Å². The predicted molar refractivity (Wildman–Crippen MR) is 111 cm³/mol. The summed E-state index contributed by atoms with van der Waals surface area (Å²) in [6.45, 7) is 2.36. The highest BCUT2D eigenvalue weighted by molar-refractivity contribution is 7.92. The summed E-state index contributed by atoms with van der Waals surface area (Å²) in [7, 11) is -4.14. The Kier molecular flexibility index (Phi) is 6.77. The third kappa shape index (κ3) is 5.78. The Morgan fingerprint density at radius 1 is 1.03 bits per heavy atom. The third-order valence-electron chi connectivity index (χ3n) is 5.04. The number of hydrogen-bond acceptors (Lipinski definition) is 4. The third-order valence-corrected chi connectivity index (χ3v) is 6.44. The minimum Gasteiger partial charge on any atom is -0.353 e. The van der Waals surface area contributed by atoms with Crippen molar-refractivity contribution in [1.82, 2.24) is 10.2 Å². The molecule has 0 unspecified atom stereocenters. The number of nitrogens with zero attached hydrogens (tertiary/aromatic N) is 1. The number of sulfonamides is 1. The number of rotatable bonds is 5. The quantitative estimate of drug-likeness (QED) is 0.703. The van der Waals surface area contributed by atoms with Crippen LogP contribution in [0.3, 0.4) is 0 Å². The highest BCUT2D eigenvalue weighted by Crippen LogP contribution is 2.31. The number of nitrogens with one attached hydrogen (secondary N) is 2. The molecule has 172 valence electrons. The molecule has 0 aromatic heterocycles. The molecule has 3 rings (SSSR count). The number of likely N-dealkylation sites (tertiary alicyclic amines) is 1. The van der Waals surface area contributed by atoms with Crippen LogP contribution in [0.15, 0.2) is 53.4 Å². The van der Waals surface area contributed by atoms with Gasteiger partial charge in [0.15, 0.2) is 0 Å². The second-order valence-corrected chi connectivity index (χ2v) is 9.16. The Morgan fingerprint density at radius 2 is 1.66 bits per heavy atom. The SMILES string of the molecule is CC(=O)NC1CCN(C(=O)c2ccc(S(=O)(=O)Nc3cccc(C(F)(F)F)c3)cc2)CC1. The Labute approximate surface area is 183 Å². The van der Waals surface area contributed by atoms with Gasteiger partial charge in [0.05, 0.1) is 10.5 Å². The van der Waals surface area contributed by atoms with Gasteiger partial charge in [-0.15, -0.1) is 0 Å². The van der Waals surface area contributed by atoms with E-state index in [-0.39, 0.29) is 28.4 Å². The zero-order valence-corrected chi connectivity index (χ0v) is 18.0. The molecule has 1 saturated heterocycles. The molecule has 0 aliphatic carbocycles. The molecule has 0 bridgehead atoms. The van der Waals surface area contributed by atoms with Gasteiger partial charge in [-0.1, -0.05) is 6.07 Å². The van der Waals surface area contributed by atoms with Crippen molar-refractivity contribution in [3.8, 4) is 0 Å². The number of anilines is 1. The fourth-order valence-corrected chi connectivity index (χ4v) is 4.50. The molecular weight excluding hydrogens is 447 g/mol. The highest BCUT2D eigenvalue weighted by atomic mass is 32.2. The van der Waals surface area contributed by atoms with Crippen molar-refractivity contribution in [2.45, 2.75) is 36.9 Å². The summed E-state index contributed by atoms with van der Waals surface area (Å²) in [5.41, 5.74) is -0.899. The van der Waals surface area contributed by atoms with E-state index in [1.807, 2.05) is 0 Å². The van der Waals surface area contributed by atoms with Crippen LogP contribution in [0.2, 0.25) is 0 Å². The van der Waals surface area contributed by atoms with E-state index in [0.29, 0.717) is 37.6 Å². The largest absolute Gasteiger partial charge is 0.416 e. The van der Waals surface area contributed by atoms with Crippen molar-refractivity contribution in [2.75, 3.05) is 17.8 Å². The molecule has 11 heteroatoms. The van der Waals surface area contributed by atoms with Gasteiger partial charge in [-0.3, -0.25) is 14.3 Å². The van der Waals surface area contributed by atoms with Crippen LogP contribution >= 0.6 is 0 Å². The standard InChI is InChI=1S/C21H22F3N3O4S/c1-14(28)25-17-9-11-27(12-10-17)20(29)15-5-7-19(8-6-15)32(30,31)26-18-4-2-3-16(13-18)21(22,23)24/h2-8,13,17,26H,9-12H2,1H3,(H,25,28). The fourth-order valence-electron chi connectivity index (χ4n) is 3.45. The van der Waals surface area contributed by atoms with Crippen LogP contribution in [0.1, 0.15) is 35.7 Å². The van der Waals surface area contributed by atoms with Crippen molar-refractivity contribution in [1.29, 1.82) is 0 Å². The molecule has 0 saturated carbocycles. The first-order valence-corrected chi connectivity index (χ1v) is 11.3. The minimum atomic E-state index is -4.60. The molecule has 2 amide bonds. The summed E-state index contributed by atoms with van der Waals surface area (Å²) in [6.07, 6.45) is -3.35. The maximum atomic E-state index is 12.8. The smallest absolute Gasteiger partial charge is 0.353 e. The zero-order valence-electron chi connectivity index (χ0n) is 17.1. The van der Waals surface area contributed by atoms with Gasteiger partial charge in [-0.05, 0) is 55.3 Å². The predicted octanol–water partition coefficient (Wildman–Crippen LogP) is 3.25. The number of carbonyl (C=O) groups is 2. The van der Waals surface area contributed by atoms with E-state index in [1.54, 1.807) is 4.90 Å². The van der Waals surface area contributed by atoms with E-state index in [2.05, 4.69) is 10.0 Å². The molecule has 1 heterocycles. The van der Waals surface area contributed by atoms with Crippen LogP contribution < -0.4 is 10.0 Å². The molecule has 2 aromatic rings. The minimum absolute atomic E-state index is 0.0194. The maximum absolute atomic E-state index is 12.8. The maximum Gasteiger partial charge on any atom is 0.416 e. The Morgan fingerprint density at radius 3 is 2.22 bits per heavy atom. The van der Waals surface area contributed by atoms with Crippen LogP contribution in [0.25, 0.3) is 0 Å². The number of alkyl halides is 3. The van der Waals surface area contributed by atoms with Crippen molar-refractivity contribution < 1.29 is 31.2 Å². The fraction of sp³-hybridized carbons (Fsp3) is 0.333. The first-order valence-electron chi connectivity index (χ1n) is 9.82. The highest BCUT2D eigenvalue weighted by Gasteiger charge is 2.31.